The maximum atomic E-state index is 12.3. The van der Waals surface area contributed by atoms with Crippen molar-refractivity contribution in [3.05, 3.63) is 24.5 Å². The van der Waals surface area contributed by atoms with Crippen LogP contribution in [0.2, 0.25) is 0 Å². The Bertz CT molecular complexity index is 750. The van der Waals surface area contributed by atoms with Gasteiger partial charge >= 0.3 is 5.97 Å². The molecule has 0 bridgehead atoms. The molecular weight excluding hydrogens is 354 g/mol. The van der Waals surface area contributed by atoms with Gasteiger partial charge in [0, 0.05) is 25.0 Å². The second kappa shape index (κ2) is 9.33. The van der Waals surface area contributed by atoms with E-state index in [2.05, 4.69) is 20.5 Å². The number of rotatable bonds is 8. The first-order valence-electron chi connectivity index (χ1n) is 8.27. The molecule has 0 unspecified atom stereocenters. The Kier molecular flexibility index (Phi) is 7.14. The average Bonchev–Trinajstić information content (AvgIpc) is 3.04. The zero-order valence-corrected chi connectivity index (χ0v) is 16.1. The maximum absolute atomic E-state index is 12.3. The highest BCUT2D eigenvalue weighted by atomic mass is 32.2. The molecule has 9 heteroatoms. The molecular formula is C17H23N5O3S. The number of thioether (sulfide) groups is 1. The molecule has 140 valence electrons. The van der Waals surface area contributed by atoms with Crippen LogP contribution in [0.15, 0.2) is 29.7 Å². The van der Waals surface area contributed by atoms with E-state index in [1.54, 1.807) is 12.4 Å². The molecule has 0 aromatic carbocycles. The van der Waals surface area contributed by atoms with Gasteiger partial charge in [-0.2, -0.15) is 0 Å². The first kappa shape index (κ1) is 19.9. The van der Waals surface area contributed by atoms with Gasteiger partial charge in [-0.1, -0.05) is 32.0 Å². The predicted octanol–water partition coefficient (Wildman–Crippen LogP) is 1.67. The largest absolute Gasteiger partial charge is 0.467 e. The fourth-order valence-electron chi connectivity index (χ4n) is 2.33. The van der Waals surface area contributed by atoms with Crippen LogP contribution in [0, 0.1) is 5.92 Å². The molecule has 0 spiro atoms. The minimum Gasteiger partial charge on any atom is -0.467 e. The van der Waals surface area contributed by atoms with E-state index in [-0.39, 0.29) is 17.6 Å². The fourth-order valence-corrected chi connectivity index (χ4v) is 3.06. The van der Waals surface area contributed by atoms with E-state index in [1.807, 2.05) is 37.6 Å². The number of nitrogens with zero attached hydrogens (tertiary/aromatic N) is 4. The van der Waals surface area contributed by atoms with Crippen molar-refractivity contribution in [3.63, 3.8) is 0 Å². The number of ether oxygens (including phenoxy) is 1. The summed E-state index contributed by atoms with van der Waals surface area (Å²) in [5.74, 6) is 0.133. The third-order valence-electron chi connectivity index (χ3n) is 4.09. The summed E-state index contributed by atoms with van der Waals surface area (Å²) in [5, 5.41) is 11.7. The molecule has 0 aliphatic carbocycles. The average molecular weight is 377 g/mol. The molecule has 0 fully saturated rings. The standard InChI is InChI=1S/C17H23N5O3S/c1-5-11(2)14(16(24)25-4)19-13(23)10-26-17-21-20-15(22(17)3)12-6-8-18-9-7-12/h6-9,11,14H,5,10H2,1-4H3,(H,19,23)/t11-,14-/m1/s1. The summed E-state index contributed by atoms with van der Waals surface area (Å²) in [6.07, 6.45) is 4.13. The number of hydrogen-bond acceptors (Lipinski definition) is 7. The summed E-state index contributed by atoms with van der Waals surface area (Å²) in [6.45, 7) is 3.86. The third-order valence-corrected chi connectivity index (χ3v) is 5.11. The summed E-state index contributed by atoms with van der Waals surface area (Å²) < 4.78 is 6.60. The number of methoxy groups -OCH3 is 1. The van der Waals surface area contributed by atoms with Crippen LogP contribution >= 0.6 is 11.8 Å². The van der Waals surface area contributed by atoms with Gasteiger partial charge in [-0.15, -0.1) is 10.2 Å². The number of carbonyl (C=O) groups excluding carboxylic acids is 2. The van der Waals surface area contributed by atoms with Gasteiger partial charge in [0.15, 0.2) is 11.0 Å². The normalized spacial score (nSPS) is 13.1. The highest BCUT2D eigenvalue weighted by Gasteiger charge is 2.26. The molecule has 2 atom stereocenters. The second-order valence-electron chi connectivity index (χ2n) is 5.84. The summed E-state index contributed by atoms with van der Waals surface area (Å²) in [7, 11) is 3.16. The Hall–Kier alpha value is -2.42. The van der Waals surface area contributed by atoms with Crippen molar-refractivity contribution < 1.29 is 14.3 Å². The third kappa shape index (κ3) is 4.81. The second-order valence-corrected chi connectivity index (χ2v) is 6.79. The molecule has 26 heavy (non-hydrogen) atoms. The van der Waals surface area contributed by atoms with Crippen molar-refractivity contribution in [2.24, 2.45) is 13.0 Å². The van der Waals surface area contributed by atoms with E-state index >= 15 is 0 Å². The zero-order valence-electron chi connectivity index (χ0n) is 15.3. The van der Waals surface area contributed by atoms with Gasteiger partial charge in [0.2, 0.25) is 5.91 Å². The maximum Gasteiger partial charge on any atom is 0.328 e. The van der Waals surface area contributed by atoms with Gasteiger partial charge in [0.1, 0.15) is 6.04 Å². The fraction of sp³-hybridized carbons (Fsp3) is 0.471. The van der Waals surface area contributed by atoms with Crippen molar-refractivity contribution in [2.75, 3.05) is 12.9 Å². The van der Waals surface area contributed by atoms with E-state index in [4.69, 9.17) is 4.74 Å². The van der Waals surface area contributed by atoms with Crippen molar-refractivity contribution >= 4 is 23.6 Å². The van der Waals surface area contributed by atoms with Crippen LogP contribution in [0.4, 0.5) is 0 Å². The number of hydrogen-bond donors (Lipinski definition) is 1. The van der Waals surface area contributed by atoms with Crippen LogP contribution in [0.25, 0.3) is 11.4 Å². The van der Waals surface area contributed by atoms with E-state index in [0.717, 1.165) is 12.0 Å². The quantitative estimate of drug-likeness (QED) is 0.552. The molecule has 2 aromatic rings. The summed E-state index contributed by atoms with van der Waals surface area (Å²) in [6, 6.07) is 3.04. The Morgan fingerprint density at radius 3 is 2.62 bits per heavy atom. The number of aromatic nitrogens is 4. The highest BCUT2D eigenvalue weighted by molar-refractivity contribution is 7.99. The molecule has 0 radical (unpaired) electrons. The van der Waals surface area contributed by atoms with Crippen LogP contribution in [-0.4, -0.2) is 50.5 Å². The van der Waals surface area contributed by atoms with Crippen LogP contribution in [0.3, 0.4) is 0 Å². The predicted molar refractivity (Wildman–Crippen MR) is 98.4 cm³/mol. The van der Waals surface area contributed by atoms with Gasteiger partial charge in [-0.3, -0.25) is 9.78 Å². The van der Waals surface area contributed by atoms with Gasteiger partial charge < -0.3 is 14.6 Å². The van der Waals surface area contributed by atoms with Crippen molar-refractivity contribution in [1.29, 1.82) is 0 Å². The molecule has 2 rings (SSSR count). The Labute approximate surface area is 156 Å². The van der Waals surface area contributed by atoms with E-state index in [0.29, 0.717) is 11.0 Å². The molecule has 1 amide bonds. The highest BCUT2D eigenvalue weighted by Crippen LogP contribution is 2.22. The minimum atomic E-state index is -0.648. The monoisotopic (exact) mass is 377 g/mol. The lowest BCUT2D eigenvalue weighted by molar-refractivity contribution is -0.146. The molecule has 0 saturated carbocycles. The van der Waals surface area contributed by atoms with Crippen molar-refractivity contribution in [3.8, 4) is 11.4 Å². The molecule has 2 aromatic heterocycles. The molecule has 8 nitrogen and oxygen atoms in total. The Morgan fingerprint density at radius 1 is 1.31 bits per heavy atom. The van der Waals surface area contributed by atoms with Crippen molar-refractivity contribution in [1.82, 2.24) is 25.1 Å². The Morgan fingerprint density at radius 2 is 2.00 bits per heavy atom. The SMILES string of the molecule is CC[C@@H](C)[C@@H](NC(=O)CSc1nnc(-c2ccncc2)n1C)C(=O)OC. The van der Waals surface area contributed by atoms with Gasteiger partial charge in [0.25, 0.3) is 0 Å². The van der Waals surface area contributed by atoms with E-state index < -0.39 is 12.0 Å². The van der Waals surface area contributed by atoms with Gasteiger partial charge in [-0.25, -0.2) is 4.79 Å². The first-order valence-corrected chi connectivity index (χ1v) is 9.26. The lowest BCUT2D eigenvalue weighted by Crippen LogP contribution is -2.46. The van der Waals surface area contributed by atoms with Gasteiger partial charge in [-0.05, 0) is 18.1 Å². The minimum absolute atomic E-state index is 0.00970. The number of amides is 1. The summed E-state index contributed by atoms with van der Waals surface area (Å²) in [5.41, 5.74) is 0.897. The first-order chi connectivity index (χ1) is 12.5. The van der Waals surface area contributed by atoms with E-state index in [1.165, 1.54) is 18.9 Å². The van der Waals surface area contributed by atoms with Crippen LogP contribution in [0.5, 0.6) is 0 Å². The zero-order chi connectivity index (χ0) is 19.1. The number of nitrogens with one attached hydrogen (secondary N) is 1. The lowest BCUT2D eigenvalue weighted by Gasteiger charge is -2.21. The van der Waals surface area contributed by atoms with Gasteiger partial charge in [0.05, 0.1) is 12.9 Å². The number of pyridine rings is 1. The molecule has 0 saturated heterocycles. The Balaban J connectivity index is 1.99. The van der Waals surface area contributed by atoms with Crippen molar-refractivity contribution in [2.45, 2.75) is 31.5 Å². The number of carbonyl (C=O) groups is 2. The summed E-state index contributed by atoms with van der Waals surface area (Å²) in [4.78, 5) is 28.1. The molecule has 2 heterocycles. The molecule has 0 aliphatic heterocycles. The lowest BCUT2D eigenvalue weighted by atomic mass is 9.99. The number of esters is 1. The topological polar surface area (TPSA) is 99.0 Å². The van der Waals surface area contributed by atoms with E-state index in [9.17, 15) is 9.59 Å². The molecule has 1 N–H and O–H groups in total. The smallest absolute Gasteiger partial charge is 0.328 e. The van der Waals surface area contributed by atoms with Crippen LogP contribution in [-0.2, 0) is 21.4 Å². The summed E-state index contributed by atoms with van der Waals surface area (Å²) >= 11 is 1.26. The van der Waals surface area contributed by atoms with Crippen LogP contribution < -0.4 is 5.32 Å². The molecule has 0 aliphatic rings. The van der Waals surface area contributed by atoms with Crippen LogP contribution in [0.1, 0.15) is 20.3 Å².